The van der Waals surface area contributed by atoms with Crippen LogP contribution < -0.4 is 0 Å². The molecule has 0 aromatic heterocycles. The quantitative estimate of drug-likeness (QED) is 0.466. The van der Waals surface area contributed by atoms with Gasteiger partial charge in [0.05, 0.1) is 0 Å². The summed E-state index contributed by atoms with van der Waals surface area (Å²) in [7, 11) is 1.43. The Morgan fingerprint density at radius 3 is 2.60 bits per heavy atom. The van der Waals surface area contributed by atoms with Crippen LogP contribution in [0, 0.1) is 0 Å². The molecule has 0 aromatic rings. The van der Waals surface area contributed by atoms with Gasteiger partial charge in [0.15, 0.2) is 0 Å². The predicted octanol–water partition coefficient (Wildman–Crippen LogP) is 0.884. The normalized spacial score (nSPS) is 11.9. The van der Waals surface area contributed by atoms with Gasteiger partial charge in [0.25, 0.3) is 0 Å². The fourth-order valence-electron chi connectivity index (χ4n) is 0.401. The zero-order valence-electron chi connectivity index (χ0n) is 5.74. The zero-order valence-corrected chi connectivity index (χ0v) is 5.74. The Morgan fingerprint density at radius 2 is 2.30 bits per heavy atom. The van der Waals surface area contributed by atoms with Gasteiger partial charge in [-0.3, -0.25) is 4.99 Å². The first-order valence-corrected chi connectivity index (χ1v) is 2.71. The molecule has 0 aromatic carbocycles. The van der Waals surface area contributed by atoms with Crippen molar-refractivity contribution in [2.75, 3.05) is 7.05 Å². The summed E-state index contributed by atoms with van der Waals surface area (Å²) in [4.78, 5) is 13.7. The number of hydrogen-bond acceptors (Lipinski definition) is 2. The van der Waals surface area contributed by atoms with Gasteiger partial charge in [-0.1, -0.05) is 18.7 Å². The van der Waals surface area contributed by atoms with E-state index in [2.05, 4.69) is 11.6 Å². The molecule has 1 N–H and O–H groups in total. The van der Waals surface area contributed by atoms with Crippen molar-refractivity contribution in [3.05, 3.63) is 24.8 Å². The van der Waals surface area contributed by atoms with Crippen LogP contribution in [0.2, 0.25) is 0 Å². The lowest BCUT2D eigenvalue weighted by atomic mass is 10.3. The monoisotopic (exact) mass is 139 g/mol. The molecule has 0 atom stereocenters. The summed E-state index contributed by atoms with van der Waals surface area (Å²) < 4.78 is 0. The molecule has 0 amide bonds. The fourth-order valence-corrected chi connectivity index (χ4v) is 0.401. The number of hydrogen-bond donors (Lipinski definition) is 1. The third-order valence-corrected chi connectivity index (χ3v) is 0.850. The Balaban J connectivity index is 4.25. The van der Waals surface area contributed by atoms with Crippen molar-refractivity contribution in [3.63, 3.8) is 0 Å². The Hall–Kier alpha value is -1.38. The Labute approximate surface area is 59.4 Å². The van der Waals surface area contributed by atoms with Crippen LogP contribution in [0.1, 0.15) is 0 Å². The molecule has 0 aliphatic heterocycles. The summed E-state index contributed by atoms with van der Waals surface area (Å²) >= 11 is 0. The van der Waals surface area contributed by atoms with Crippen LogP contribution in [-0.4, -0.2) is 23.8 Å². The maximum absolute atomic E-state index is 10.2. The van der Waals surface area contributed by atoms with Crippen molar-refractivity contribution in [2.45, 2.75) is 0 Å². The molecule has 0 radical (unpaired) electrons. The Morgan fingerprint density at radius 1 is 1.70 bits per heavy atom. The molecule has 0 saturated heterocycles. The zero-order chi connectivity index (χ0) is 7.98. The lowest BCUT2D eigenvalue weighted by Gasteiger charge is -1.87. The van der Waals surface area contributed by atoms with Gasteiger partial charge in [0.1, 0.15) is 5.71 Å². The van der Waals surface area contributed by atoms with E-state index in [0.29, 0.717) is 0 Å². The molecule has 0 aliphatic rings. The molecule has 0 fully saturated rings. The predicted molar refractivity (Wildman–Crippen MR) is 40.3 cm³/mol. The van der Waals surface area contributed by atoms with Crippen LogP contribution >= 0.6 is 0 Å². The number of carbonyl (C=O) groups is 1. The largest absolute Gasteiger partial charge is 0.477 e. The number of nitrogens with zero attached hydrogens (tertiary/aromatic N) is 1. The van der Waals surface area contributed by atoms with Crippen LogP contribution in [0.4, 0.5) is 0 Å². The van der Waals surface area contributed by atoms with Crippen LogP contribution in [0.3, 0.4) is 0 Å². The fraction of sp³-hybridized carbons (Fsp3) is 0.143. The smallest absolute Gasteiger partial charge is 0.354 e. The molecule has 3 nitrogen and oxygen atoms in total. The SMILES string of the molecule is C=C/C=C\C(=NC)C(=O)O. The van der Waals surface area contributed by atoms with Gasteiger partial charge < -0.3 is 5.11 Å². The summed E-state index contributed by atoms with van der Waals surface area (Å²) in [6.07, 6.45) is 4.40. The second-order valence-electron chi connectivity index (χ2n) is 1.51. The molecule has 3 heteroatoms. The number of aliphatic imine (C=N–C) groups is 1. The minimum Gasteiger partial charge on any atom is -0.477 e. The van der Waals surface area contributed by atoms with E-state index in [4.69, 9.17) is 5.11 Å². The molecule has 54 valence electrons. The molecule has 0 aliphatic carbocycles. The number of allylic oxidation sites excluding steroid dienone is 2. The lowest BCUT2D eigenvalue weighted by molar-refractivity contribution is -0.129. The van der Waals surface area contributed by atoms with Crippen molar-refractivity contribution >= 4 is 11.7 Å². The molecule has 0 spiro atoms. The topological polar surface area (TPSA) is 49.7 Å². The third-order valence-electron chi connectivity index (χ3n) is 0.850. The average molecular weight is 139 g/mol. The standard InChI is InChI=1S/C7H9NO2/c1-3-4-5-6(8-2)7(9)10/h3-5H,1H2,2H3,(H,9,10)/b5-4-,8-6?. The highest BCUT2D eigenvalue weighted by Crippen LogP contribution is 1.81. The van der Waals surface area contributed by atoms with Crippen molar-refractivity contribution in [1.29, 1.82) is 0 Å². The van der Waals surface area contributed by atoms with Gasteiger partial charge >= 0.3 is 5.97 Å². The summed E-state index contributed by atoms with van der Waals surface area (Å²) in [6, 6.07) is 0. The van der Waals surface area contributed by atoms with E-state index in [1.54, 1.807) is 0 Å². The van der Waals surface area contributed by atoms with Crippen LogP contribution in [-0.2, 0) is 4.79 Å². The average Bonchev–Trinajstić information content (AvgIpc) is 1.89. The van der Waals surface area contributed by atoms with Gasteiger partial charge in [0.2, 0.25) is 0 Å². The highest BCUT2D eigenvalue weighted by atomic mass is 16.4. The third kappa shape index (κ3) is 2.81. The van der Waals surface area contributed by atoms with Crippen LogP contribution in [0.15, 0.2) is 29.8 Å². The summed E-state index contributed by atoms with van der Waals surface area (Å²) in [5, 5.41) is 8.38. The second kappa shape index (κ2) is 4.49. The van der Waals surface area contributed by atoms with Gasteiger partial charge in [-0.05, 0) is 6.08 Å². The number of rotatable bonds is 3. The van der Waals surface area contributed by atoms with Crippen molar-refractivity contribution in [1.82, 2.24) is 0 Å². The molecular weight excluding hydrogens is 130 g/mol. The molecule has 0 heterocycles. The molecular formula is C7H9NO2. The van der Waals surface area contributed by atoms with Crippen LogP contribution in [0.25, 0.3) is 0 Å². The molecule has 0 rings (SSSR count). The van der Waals surface area contributed by atoms with Gasteiger partial charge in [-0.15, -0.1) is 0 Å². The van der Waals surface area contributed by atoms with E-state index in [9.17, 15) is 4.79 Å². The highest BCUT2D eigenvalue weighted by molar-refractivity contribution is 6.40. The van der Waals surface area contributed by atoms with Gasteiger partial charge in [0, 0.05) is 7.05 Å². The van der Waals surface area contributed by atoms with Crippen LogP contribution in [0.5, 0.6) is 0 Å². The van der Waals surface area contributed by atoms with Crippen molar-refractivity contribution < 1.29 is 9.90 Å². The first-order chi connectivity index (χ1) is 4.72. The van der Waals surface area contributed by atoms with E-state index >= 15 is 0 Å². The lowest BCUT2D eigenvalue weighted by Crippen LogP contribution is -2.08. The van der Waals surface area contributed by atoms with E-state index in [0.717, 1.165) is 0 Å². The number of carboxylic acid groups (broad SMARTS) is 1. The van der Waals surface area contributed by atoms with Gasteiger partial charge in [-0.25, -0.2) is 4.79 Å². The van der Waals surface area contributed by atoms with E-state index in [1.165, 1.54) is 25.3 Å². The first kappa shape index (κ1) is 8.62. The van der Waals surface area contributed by atoms with E-state index in [1.807, 2.05) is 0 Å². The van der Waals surface area contributed by atoms with Crippen molar-refractivity contribution in [2.24, 2.45) is 4.99 Å². The number of carboxylic acids is 1. The minimum atomic E-state index is -1.03. The molecule has 0 bridgehead atoms. The highest BCUT2D eigenvalue weighted by Gasteiger charge is 2.00. The Kier molecular flexibility index (Phi) is 3.87. The summed E-state index contributed by atoms with van der Waals surface area (Å²) in [5.74, 6) is -1.03. The maximum atomic E-state index is 10.2. The number of aliphatic carboxylic acids is 1. The van der Waals surface area contributed by atoms with E-state index < -0.39 is 5.97 Å². The van der Waals surface area contributed by atoms with Crippen molar-refractivity contribution in [3.8, 4) is 0 Å². The molecule has 0 saturated carbocycles. The first-order valence-electron chi connectivity index (χ1n) is 2.71. The maximum Gasteiger partial charge on any atom is 0.354 e. The molecule has 10 heavy (non-hydrogen) atoms. The van der Waals surface area contributed by atoms with E-state index in [-0.39, 0.29) is 5.71 Å². The summed E-state index contributed by atoms with van der Waals surface area (Å²) in [5.41, 5.74) is 0.0277. The molecule has 0 unspecified atom stereocenters. The summed E-state index contributed by atoms with van der Waals surface area (Å²) in [6.45, 7) is 3.39. The minimum absolute atomic E-state index is 0.0277. The second-order valence-corrected chi connectivity index (χ2v) is 1.51. The Bertz CT molecular complexity index is 192. The van der Waals surface area contributed by atoms with Gasteiger partial charge in [-0.2, -0.15) is 0 Å².